The average molecular weight is 376 g/mol. The zero-order chi connectivity index (χ0) is 17.6. The standard InChI is InChI=1S/C17H16N2O4S2/c1-11-14-9-15(17(20)23-13-7-8-25(21,22)10-13)24-16(14)19(18-11)12-5-3-2-4-6-12/h2-6,9,13H,7-8,10H2,1H3. The van der Waals surface area contributed by atoms with E-state index in [4.69, 9.17) is 4.74 Å². The number of ether oxygens (including phenoxy) is 1. The van der Waals surface area contributed by atoms with Crippen LogP contribution in [0.1, 0.15) is 21.8 Å². The van der Waals surface area contributed by atoms with Crippen LogP contribution in [0, 0.1) is 6.92 Å². The zero-order valence-electron chi connectivity index (χ0n) is 13.5. The first-order valence-electron chi connectivity index (χ1n) is 7.89. The minimum Gasteiger partial charge on any atom is -0.457 e. The Morgan fingerprint density at radius 3 is 2.76 bits per heavy atom. The Morgan fingerprint density at radius 2 is 2.08 bits per heavy atom. The number of rotatable bonds is 3. The molecule has 1 aliphatic heterocycles. The van der Waals surface area contributed by atoms with Crippen LogP contribution in [0.15, 0.2) is 36.4 Å². The Morgan fingerprint density at radius 1 is 1.32 bits per heavy atom. The molecule has 130 valence electrons. The summed E-state index contributed by atoms with van der Waals surface area (Å²) in [5.74, 6) is -0.470. The van der Waals surface area contributed by atoms with Crippen molar-refractivity contribution >= 4 is 37.4 Å². The van der Waals surface area contributed by atoms with Gasteiger partial charge in [0.2, 0.25) is 0 Å². The lowest BCUT2D eigenvalue weighted by molar-refractivity contribution is 0.0362. The second-order valence-corrected chi connectivity index (χ2v) is 9.35. The van der Waals surface area contributed by atoms with E-state index in [1.165, 1.54) is 11.3 Å². The summed E-state index contributed by atoms with van der Waals surface area (Å²) in [6.45, 7) is 1.90. The molecule has 3 aromatic rings. The molecule has 0 spiro atoms. The maximum absolute atomic E-state index is 12.4. The molecule has 0 N–H and O–H groups in total. The number of fused-ring (bicyclic) bond motifs is 1. The number of carbonyl (C=O) groups is 1. The summed E-state index contributed by atoms with van der Waals surface area (Å²) in [6, 6.07) is 11.5. The maximum Gasteiger partial charge on any atom is 0.348 e. The largest absolute Gasteiger partial charge is 0.457 e. The van der Waals surface area contributed by atoms with Crippen LogP contribution in [-0.4, -0.2) is 41.8 Å². The van der Waals surface area contributed by atoms with Crippen LogP contribution >= 0.6 is 11.3 Å². The molecular weight excluding hydrogens is 360 g/mol. The summed E-state index contributed by atoms with van der Waals surface area (Å²) >= 11 is 1.31. The third-order valence-corrected chi connectivity index (χ3v) is 7.04. The van der Waals surface area contributed by atoms with E-state index in [1.807, 2.05) is 41.9 Å². The third kappa shape index (κ3) is 3.07. The fraction of sp³-hybridized carbons (Fsp3) is 0.294. The highest BCUT2D eigenvalue weighted by Gasteiger charge is 2.31. The van der Waals surface area contributed by atoms with Gasteiger partial charge in [0, 0.05) is 5.39 Å². The summed E-state index contributed by atoms with van der Waals surface area (Å²) in [5, 5.41) is 5.44. The molecule has 1 atom stereocenters. The number of nitrogens with zero attached hydrogens (tertiary/aromatic N) is 2. The number of thiophene rings is 1. The van der Waals surface area contributed by atoms with Gasteiger partial charge in [-0.25, -0.2) is 17.9 Å². The van der Waals surface area contributed by atoms with Crippen molar-refractivity contribution in [1.82, 2.24) is 9.78 Å². The number of para-hydroxylation sites is 1. The molecule has 0 amide bonds. The molecule has 0 bridgehead atoms. The lowest BCUT2D eigenvalue weighted by atomic mass is 10.3. The van der Waals surface area contributed by atoms with Crippen molar-refractivity contribution in [3.8, 4) is 5.69 Å². The van der Waals surface area contributed by atoms with Crippen molar-refractivity contribution in [3.63, 3.8) is 0 Å². The van der Waals surface area contributed by atoms with E-state index in [0.717, 1.165) is 21.6 Å². The summed E-state index contributed by atoms with van der Waals surface area (Å²) < 4.78 is 30.2. The van der Waals surface area contributed by atoms with Gasteiger partial charge < -0.3 is 4.74 Å². The van der Waals surface area contributed by atoms with Gasteiger partial charge in [-0.05, 0) is 31.5 Å². The molecular formula is C17H16N2O4S2. The molecule has 2 aromatic heterocycles. The molecule has 25 heavy (non-hydrogen) atoms. The Labute approximate surface area is 149 Å². The van der Waals surface area contributed by atoms with Gasteiger partial charge in [-0.1, -0.05) is 18.2 Å². The molecule has 3 heterocycles. The van der Waals surface area contributed by atoms with Crippen LogP contribution in [0.2, 0.25) is 0 Å². The number of benzene rings is 1. The number of hydrogen-bond donors (Lipinski definition) is 0. The SMILES string of the molecule is Cc1nn(-c2ccccc2)c2sc(C(=O)OC3CCS(=O)(=O)C3)cc12. The molecule has 0 aliphatic carbocycles. The topological polar surface area (TPSA) is 78.3 Å². The van der Waals surface area contributed by atoms with Crippen LogP contribution < -0.4 is 0 Å². The first kappa shape index (κ1) is 16.3. The van der Waals surface area contributed by atoms with Crippen molar-refractivity contribution in [3.05, 3.63) is 47.0 Å². The van der Waals surface area contributed by atoms with E-state index in [-0.39, 0.29) is 11.5 Å². The van der Waals surface area contributed by atoms with Crippen molar-refractivity contribution in [1.29, 1.82) is 0 Å². The first-order valence-corrected chi connectivity index (χ1v) is 10.5. The van der Waals surface area contributed by atoms with Gasteiger partial charge in [-0.3, -0.25) is 0 Å². The molecule has 0 radical (unpaired) electrons. The number of carbonyl (C=O) groups excluding carboxylic acids is 1. The molecule has 8 heteroatoms. The Bertz CT molecular complexity index is 1050. The Kier molecular flexibility index (Phi) is 3.88. The average Bonchev–Trinajstić information content (AvgIpc) is 3.24. The quantitative estimate of drug-likeness (QED) is 0.657. The molecule has 1 aliphatic rings. The number of aromatic nitrogens is 2. The lowest BCUT2D eigenvalue weighted by Gasteiger charge is -2.08. The molecule has 1 saturated heterocycles. The summed E-state index contributed by atoms with van der Waals surface area (Å²) in [5.41, 5.74) is 1.75. The van der Waals surface area contributed by atoms with Crippen LogP contribution in [0.4, 0.5) is 0 Å². The van der Waals surface area contributed by atoms with Crippen molar-refractivity contribution in [2.45, 2.75) is 19.4 Å². The molecule has 0 saturated carbocycles. The van der Waals surface area contributed by atoms with Crippen molar-refractivity contribution in [2.75, 3.05) is 11.5 Å². The molecule has 1 fully saturated rings. The minimum atomic E-state index is -3.07. The Balaban J connectivity index is 1.64. The zero-order valence-corrected chi connectivity index (χ0v) is 15.1. The van der Waals surface area contributed by atoms with Gasteiger partial charge in [-0.15, -0.1) is 11.3 Å². The smallest absolute Gasteiger partial charge is 0.348 e. The second kappa shape index (κ2) is 5.96. The third-order valence-electron chi connectivity index (χ3n) is 4.21. The molecule has 6 nitrogen and oxygen atoms in total. The molecule has 1 unspecified atom stereocenters. The van der Waals surface area contributed by atoms with E-state index >= 15 is 0 Å². The van der Waals surface area contributed by atoms with Crippen molar-refractivity contribution in [2.24, 2.45) is 0 Å². The highest BCUT2D eigenvalue weighted by atomic mass is 32.2. The van der Waals surface area contributed by atoms with E-state index in [0.29, 0.717) is 11.3 Å². The van der Waals surface area contributed by atoms with E-state index in [1.54, 1.807) is 6.07 Å². The monoisotopic (exact) mass is 376 g/mol. The normalized spacial score (nSPS) is 19.3. The predicted octanol–water partition coefficient (Wildman–Crippen LogP) is 2.74. The number of esters is 1. The lowest BCUT2D eigenvalue weighted by Crippen LogP contribution is -2.18. The van der Waals surface area contributed by atoms with Crippen LogP contribution in [0.3, 0.4) is 0 Å². The first-order chi connectivity index (χ1) is 11.9. The van der Waals surface area contributed by atoms with Crippen molar-refractivity contribution < 1.29 is 17.9 Å². The van der Waals surface area contributed by atoms with E-state index in [9.17, 15) is 13.2 Å². The van der Waals surface area contributed by atoms with Gasteiger partial charge in [0.1, 0.15) is 15.8 Å². The second-order valence-electron chi connectivity index (χ2n) is 6.09. The number of sulfone groups is 1. The molecule has 4 rings (SSSR count). The minimum absolute atomic E-state index is 0.0828. The predicted molar refractivity (Wildman–Crippen MR) is 96.2 cm³/mol. The van der Waals surface area contributed by atoms with Gasteiger partial charge in [-0.2, -0.15) is 5.10 Å². The highest BCUT2D eigenvalue weighted by Crippen LogP contribution is 2.31. The maximum atomic E-state index is 12.4. The number of hydrogen-bond acceptors (Lipinski definition) is 6. The van der Waals surface area contributed by atoms with E-state index < -0.39 is 21.9 Å². The van der Waals surface area contributed by atoms with Crippen LogP contribution in [0.25, 0.3) is 15.9 Å². The summed E-state index contributed by atoms with van der Waals surface area (Å²) in [4.78, 5) is 13.7. The van der Waals surface area contributed by atoms with Crippen LogP contribution in [0.5, 0.6) is 0 Å². The fourth-order valence-corrected chi connectivity index (χ4v) is 5.61. The highest BCUT2D eigenvalue weighted by molar-refractivity contribution is 7.91. The van der Waals surface area contributed by atoms with Gasteiger partial charge in [0.25, 0.3) is 0 Å². The summed E-state index contributed by atoms with van der Waals surface area (Å²) in [6.07, 6.45) is -0.176. The fourth-order valence-electron chi connectivity index (χ4n) is 2.96. The number of aryl methyl sites for hydroxylation is 1. The van der Waals surface area contributed by atoms with Gasteiger partial charge in [0.15, 0.2) is 9.84 Å². The van der Waals surface area contributed by atoms with Gasteiger partial charge in [0.05, 0.1) is 22.9 Å². The van der Waals surface area contributed by atoms with Crippen LogP contribution in [-0.2, 0) is 14.6 Å². The molecule has 1 aromatic carbocycles. The summed E-state index contributed by atoms with van der Waals surface area (Å²) in [7, 11) is -3.07. The van der Waals surface area contributed by atoms with E-state index in [2.05, 4.69) is 5.10 Å². The van der Waals surface area contributed by atoms with Gasteiger partial charge >= 0.3 is 5.97 Å². The Hall–Kier alpha value is -2.19.